The third-order valence-electron chi connectivity index (χ3n) is 9.46. The third kappa shape index (κ3) is 5.52. The Bertz CT molecular complexity index is 1590. The number of fused-ring (bicyclic) bond motifs is 1. The number of hydrogen-bond acceptors (Lipinski definition) is 5. The van der Waals surface area contributed by atoms with Crippen LogP contribution in [0.1, 0.15) is 23.6 Å². The molecule has 3 aromatic rings. The molecule has 7 nitrogen and oxygen atoms in total. The molecule has 6 rings (SSSR count). The molecule has 1 N–H and O–H groups in total. The fourth-order valence-corrected chi connectivity index (χ4v) is 11.2. The number of para-hydroxylation sites is 1. The minimum Gasteiger partial charge on any atom is -0.394 e. The first kappa shape index (κ1) is 32.3. The van der Waals surface area contributed by atoms with Gasteiger partial charge < -0.3 is 19.8 Å². The number of likely N-dealkylation sites (tertiary alicyclic amines) is 1. The maximum atomic E-state index is 15.0. The van der Waals surface area contributed by atoms with Gasteiger partial charge in [-0.3, -0.25) is 14.4 Å². The first-order valence-corrected chi connectivity index (χ1v) is 17.4. The minimum atomic E-state index is -0.900. The topological polar surface area (TPSA) is 81.2 Å². The van der Waals surface area contributed by atoms with Crippen molar-refractivity contribution in [1.29, 1.82) is 0 Å². The number of aliphatic hydroxyl groups excluding tert-OH is 1. The van der Waals surface area contributed by atoms with Gasteiger partial charge in [-0.05, 0) is 29.7 Å². The second kappa shape index (κ2) is 13.6. The average Bonchev–Trinajstić information content (AvgIpc) is 3.68. The summed E-state index contributed by atoms with van der Waals surface area (Å²) in [6.07, 6.45) is 3.93. The van der Waals surface area contributed by atoms with E-state index in [4.69, 9.17) is 0 Å². The molecule has 3 aliphatic heterocycles. The molecule has 9 heteroatoms. The van der Waals surface area contributed by atoms with Crippen LogP contribution in [0.5, 0.6) is 0 Å². The van der Waals surface area contributed by atoms with Crippen LogP contribution in [0.2, 0.25) is 0 Å². The molecule has 0 aliphatic carbocycles. The lowest BCUT2D eigenvalue weighted by molar-refractivity contribution is -0.146. The van der Waals surface area contributed by atoms with E-state index in [1.165, 1.54) is 0 Å². The van der Waals surface area contributed by atoms with E-state index in [2.05, 4.69) is 29.1 Å². The van der Waals surface area contributed by atoms with Crippen LogP contribution >= 0.6 is 27.7 Å². The molecule has 0 aromatic heterocycles. The zero-order chi connectivity index (χ0) is 32.4. The summed E-state index contributed by atoms with van der Waals surface area (Å²) in [6, 6.07) is 26.9. The van der Waals surface area contributed by atoms with Crippen molar-refractivity contribution in [2.24, 2.45) is 11.8 Å². The number of alkyl halides is 1. The molecule has 3 aromatic carbocycles. The smallest absolute Gasteiger partial charge is 0.247 e. The molecule has 3 aliphatic rings. The van der Waals surface area contributed by atoms with E-state index >= 15 is 0 Å². The summed E-state index contributed by atoms with van der Waals surface area (Å²) >= 11 is 5.48. The van der Waals surface area contributed by atoms with Gasteiger partial charge in [0.05, 0.1) is 29.2 Å². The van der Waals surface area contributed by atoms with Gasteiger partial charge in [-0.15, -0.1) is 24.9 Å². The number of benzene rings is 3. The van der Waals surface area contributed by atoms with E-state index in [9.17, 15) is 19.5 Å². The Balaban J connectivity index is 1.47. The number of aliphatic hydroxyl groups is 1. The zero-order valence-corrected chi connectivity index (χ0v) is 27.9. The van der Waals surface area contributed by atoms with Crippen LogP contribution in [0.15, 0.2) is 116 Å². The summed E-state index contributed by atoms with van der Waals surface area (Å²) in [7, 11) is 0. The number of amides is 3. The zero-order valence-electron chi connectivity index (χ0n) is 25.5. The van der Waals surface area contributed by atoms with Gasteiger partial charge in [0.15, 0.2) is 0 Å². The molecular weight excluding hydrogens is 662 g/mol. The number of rotatable bonds is 12. The number of hydrogen-bond donors (Lipinski definition) is 1. The Hall–Kier alpha value is -3.66. The van der Waals surface area contributed by atoms with Crippen LogP contribution in [0.25, 0.3) is 0 Å². The van der Waals surface area contributed by atoms with Crippen molar-refractivity contribution < 1.29 is 19.5 Å². The summed E-state index contributed by atoms with van der Waals surface area (Å²) in [4.78, 5) is 49.5. The van der Waals surface area contributed by atoms with E-state index < -0.39 is 28.7 Å². The van der Waals surface area contributed by atoms with Crippen molar-refractivity contribution in [3.63, 3.8) is 0 Å². The Labute approximate surface area is 283 Å². The monoisotopic (exact) mass is 699 g/mol. The number of carbonyl (C=O) groups is 3. The Morgan fingerprint density at radius 1 is 0.957 bits per heavy atom. The molecule has 3 saturated heterocycles. The molecule has 3 heterocycles. The van der Waals surface area contributed by atoms with Gasteiger partial charge in [-0.2, -0.15) is 0 Å². The Kier molecular flexibility index (Phi) is 9.54. The fourth-order valence-electron chi connectivity index (χ4n) is 7.60. The van der Waals surface area contributed by atoms with Gasteiger partial charge >= 0.3 is 0 Å². The number of thioether (sulfide) groups is 1. The van der Waals surface area contributed by atoms with Crippen molar-refractivity contribution in [3.8, 4) is 0 Å². The first-order chi connectivity index (χ1) is 22.4. The number of anilines is 1. The maximum Gasteiger partial charge on any atom is 0.247 e. The number of carbonyl (C=O) groups excluding carboxylic acids is 3. The van der Waals surface area contributed by atoms with Crippen molar-refractivity contribution in [2.45, 2.75) is 39.9 Å². The minimum absolute atomic E-state index is 0.0848. The predicted molar refractivity (Wildman–Crippen MR) is 186 cm³/mol. The summed E-state index contributed by atoms with van der Waals surface area (Å²) < 4.78 is -0.873. The van der Waals surface area contributed by atoms with E-state index in [1.54, 1.807) is 38.6 Å². The van der Waals surface area contributed by atoms with Crippen LogP contribution in [0, 0.1) is 11.8 Å². The average molecular weight is 701 g/mol. The summed E-state index contributed by atoms with van der Waals surface area (Å²) in [5.41, 5.74) is 2.43. The fraction of sp³-hybridized carbons (Fsp3) is 0.324. The number of nitrogens with zero attached hydrogens (tertiary/aromatic N) is 3. The lowest BCUT2D eigenvalue weighted by Gasteiger charge is -2.40. The van der Waals surface area contributed by atoms with Gasteiger partial charge in [0.25, 0.3) is 0 Å². The van der Waals surface area contributed by atoms with Crippen molar-refractivity contribution in [1.82, 2.24) is 9.80 Å². The van der Waals surface area contributed by atoms with E-state index in [0.717, 1.165) is 16.8 Å². The van der Waals surface area contributed by atoms with Crippen molar-refractivity contribution >= 4 is 51.1 Å². The molecule has 3 amide bonds. The lowest BCUT2D eigenvalue weighted by Crippen LogP contribution is -2.56. The molecular formula is C37H38BrN3O4S. The van der Waals surface area contributed by atoms with Gasteiger partial charge in [-0.25, -0.2) is 0 Å². The van der Waals surface area contributed by atoms with Crippen LogP contribution in [0.4, 0.5) is 5.69 Å². The van der Waals surface area contributed by atoms with Crippen LogP contribution in [0.3, 0.4) is 0 Å². The Morgan fingerprint density at radius 3 is 2.17 bits per heavy atom. The highest BCUT2D eigenvalue weighted by Gasteiger charge is 2.76. The highest BCUT2D eigenvalue weighted by molar-refractivity contribution is 9.09. The lowest BCUT2D eigenvalue weighted by atomic mass is 9.70. The maximum absolute atomic E-state index is 15.0. The van der Waals surface area contributed by atoms with E-state index in [-0.39, 0.29) is 47.5 Å². The second-order valence-electron chi connectivity index (χ2n) is 12.1. The molecule has 0 radical (unpaired) electrons. The molecule has 1 spiro atoms. The first-order valence-electron chi connectivity index (χ1n) is 15.6. The van der Waals surface area contributed by atoms with Crippen molar-refractivity contribution in [2.75, 3.05) is 24.6 Å². The summed E-state index contributed by atoms with van der Waals surface area (Å²) in [6.45, 7) is 8.38. The largest absolute Gasteiger partial charge is 0.394 e. The molecule has 0 saturated carbocycles. The Morgan fingerprint density at radius 2 is 1.57 bits per heavy atom. The molecule has 2 bridgehead atoms. The number of halogens is 1. The highest BCUT2D eigenvalue weighted by atomic mass is 79.9. The normalized spacial score (nSPS) is 26.8. The standard InChI is InChI=1S/C37H38BrN3O4S/c1-3-20-39(23-25-14-8-5-9-15-25)36(45)33-37-22-28(38)32(46-37)30(34(43)40(21-4-2)27-18-12-7-13-19-27)31(37)35(44)41(33)29(24-42)26-16-10-6-11-17-26/h3-19,28-33,42H,1-2,20-24H2/t28?,29-,30+,31+,32+,33?,37?/m1/s1. The van der Waals surface area contributed by atoms with Gasteiger partial charge in [0, 0.05) is 35.4 Å². The van der Waals surface area contributed by atoms with Gasteiger partial charge in [0.2, 0.25) is 17.7 Å². The quantitative estimate of drug-likeness (QED) is 0.196. The van der Waals surface area contributed by atoms with Gasteiger partial charge in [0.1, 0.15) is 6.04 Å². The molecule has 3 fully saturated rings. The molecule has 3 unspecified atom stereocenters. The predicted octanol–water partition coefficient (Wildman–Crippen LogP) is 5.62. The van der Waals surface area contributed by atoms with Crippen LogP contribution < -0.4 is 4.90 Å². The summed E-state index contributed by atoms with van der Waals surface area (Å²) in [5, 5.41) is 10.7. The van der Waals surface area contributed by atoms with Crippen LogP contribution in [-0.2, 0) is 20.9 Å². The van der Waals surface area contributed by atoms with E-state index in [0.29, 0.717) is 13.0 Å². The van der Waals surface area contributed by atoms with Gasteiger partial charge in [-0.1, -0.05) is 107 Å². The molecule has 7 atom stereocenters. The summed E-state index contributed by atoms with van der Waals surface area (Å²) in [5.74, 6) is -2.05. The van der Waals surface area contributed by atoms with E-state index in [1.807, 2.05) is 91.0 Å². The molecule has 46 heavy (non-hydrogen) atoms. The molecule has 238 valence electrons. The highest BCUT2D eigenvalue weighted by Crippen LogP contribution is 2.69. The van der Waals surface area contributed by atoms with Crippen molar-refractivity contribution in [3.05, 3.63) is 127 Å². The SMILES string of the molecule is C=CCN(Cc1ccccc1)C(=O)C1N([C@H](CO)c2ccccc2)C(=O)[C@@H]2[C@H](C(=O)N(CC=C)c3ccccc3)[C@H]3SC12CC3Br. The van der Waals surface area contributed by atoms with Crippen LogP contribution in [-0.4, -0.2) is 73.2 Å². The second-order valence-corrected chi connectivity index (χ2v) is 14.8. The third-order valence-corrected chi connectivity index (χ3v) is 12.7.